The van der Waals surface area contributed by atoms with Crippen molar-refractivity contribution >= 4 is 11.6 Å². The second-order valence-electron chi connectivity index (χ2n) is 3.92. The molecule has 2 rings (SSSR count). The van der Waals surface area contributed by atoms with Crippen molar-refractivity contribution in [1.29, 1.82) is 0 Å². The first-order chi connectivity index (χ1) is 8.33. The van der Waals surface area contributed by atoms with Crippen LogP contribution in [0.1, 0.15) is 12.5 Å². The Hall–Kier alpha value is -1.31. The van der Waals surface area contributed by atoms with Crippen molar-refractivity contribution in [3.05, 3.63) is 59.1 Å². The summed E-state index contributed by atoms with van der Waals surface area (Å²) in [4.78, 5) is 0. The molecule has 0 spiro atoms. The van der Waals surface area contributed by atoms with Gasteiger partial charge in [-0.25, -0.2) is 0 Å². The van der Waals surface area contributed by atoms with E-state index < -0.39 is 0 Å². The largest absolute Gasteiger partial charge is 0.313 e. The maximum absolute atomic E-state index is 6.24. The van der Waals surface area contributed by atoms with E-state index in [0.29, 0.717) is 0 Å². The van der Waals surface area contributed by atoms with E-state index in [1.807, 2.05) is 24.3 Å². The average molecular weight is 246 g/mol. The standard InChI is InChI=1S/C15H16ClN/c1-2-17-11-12-7-3-4-8-13(12)14-9-5-6-10-15(14)16/h3-10,17H,2,11H2,1H3. The minimum atomic E-state index is 0.802. The fourth-order valence-electron chi connectivity index (χ4n) is 1.88. The molecule has 1 nitrogen and oxygen atoms in total. The van der Waals surface area contributed by atoms with Gasteiger partial charge in [-0.15, -0.1) is 0 Å². The Bertz CT molecular complexity index is 494. The number of benzene rings is 2. The van der Waals surface area contributed by atoms with Crippen molar-refractivity contribution in [2.75, 3.05) is 6.54 Å². The number of rotatable bonds is 4. The Morgan fingerprint density at radius 3 is 2.29 bits per heavy atom. The van der Waals surface area contributed by atoms with Crippen LogP contribution in [0.2, 0.25) is 5.02 Å². The third-order valence-electron chi connectivity index (χ3n) is 2.75. The number of halogens is 1. The molecular formula is C15H16ClN. The Balaban J connectivity index is 2.41. The second kappa shape index (κ2) is 5.85. The van der Waals surface area contributed by atoms with Crippen LogP contribution in [-0.4, -0.2) is 6.54 Å². The van der Waals surface area contributed by atoms with Gasteiger partial charge in [0.25, 0.3) is 0 Å². The minimum Gasteiger partial charge on any atom is -0.313 e. The summed E-state index contributed by atoms with van der Waals surface area (Å²) >= 11 is 6.24. The van der Waals surface area contributed by atoms with Crippen LogP contribution < -0.4 is 5.32 Å². The zero-order valence-corrected chi connectivity index (χ0v) is 10.7. The first-order valence-electron chi connectivity index (χ1n) is 5.86. The Kier molecular flexibility index (Phi) is 4.18. The third kappa shape index (κ3) is 2.87. The maximum atomic E-state index is 6.24. The Morgan fingerprint density at radius 1 is 0.941 bits per heavy atom. The normalized spacial score (nSPS) is 10.5. The lowest BCUT2D eigenvalue weighted by Gasteiger charge is -2.11. The van der Waals surface area contributed by atoms with Gasteiger partial charge in [0.15, 0.2) is 0 Å². The molecule has 0 fully saturated rings. The van der Waals surface area contributed by atoms with Crippen LogP contribution in [-0.2, 0) is 6.54 Å². The van der Waals surface area contributed by atoms with Crippen LogP contribution >= 0.6 is 11.6 Å². The van der Waals surface area contributed by atoms with Gasteiger partial charge in [0.2, 0.25) is 0 Å². The number of hydrogen-bond donors (Lipinski definition) is 1. The summed E-state index contributed by atoms with van der Waals surface area (Å²) in [6.45, 7) is 3.95. The molecular weight excluding hydrogens is 230 g/mol. The predicted octanol–water partition coefficient (Wildman–Crippen LogP) is 4.12. The average Bonchev–Trinajstić information content (AvgIpc) is 2.37. The summed E-state index contributed by atoms with van der Waals surface area (Å²) < 4.78 is 0. The van der Waals surface area contributed by atoms with Crippen LogP contribution in [0.25, 0.3) is 11.1 Å². The molecule has 0 aliphatic carbocycles. The summed E-state index contributed by atoms with van der Waals surface area (Å²) in [6.07, 6.45) is 0. The van der Waals surface area contributed by atoms with E-state index in [4.69, 9.17) is 11.6 Å². The lowest BCUT2D eigenvalue weighted by Crippen LogP contribution is -2.12. The summed E-state index contributed by atoms with van der Waals surface area (Å²) in [6, 6.07) is 16.3. The first kappa shape index (κ1) is 12.2. The second-order valence-corrected chi connectivity index (χ2v) is 4.32. The summed E-state index contributed by atoms with van der Waals surface area (Å²) in [5.74, 6) is 0. The summed E-state index contributed by atoms with van der Waals surface area (Å²) in [7, 11) is 0. The fraction of sp³-hybridized carbons (Fsp3) is 0.200. The topological polar surface area (TPSA) is 12.0 Å². The third-order valence-corrected chi connectivity index (χ3v) is 3.08. The van der Waals surface area contributed by atoms with Gasteiger partial charge >= 0.3 is 0 Å². The smallest absolute Gasteiger partial charge is 0.0484 e. The minimum absolute atomic E-state index is 0.802. The molecule has 88 valence electrons. The van der Waals surface area contributed by atoms with Gasteiger partial charge in [-0.3, -0.25) is 0 Å². The molecule has 0 saturated carbocycles. The van der Waals surface area contributed by atoms with E-state index in [2.05, 4.69) is 36.5 Å². The van der Waals surface area contributed by atoms with Gasteiger partial charge < -0.3 is 5.32 Å². The fourth-order valence-corrected chi connectivity index (χ4v) is 2.11. The molecule has 0 aliphatic heterocycles. The molecule has 0 amide bonds. The molecule has 0 radical (unpaired) electrons. The highest BCUT2D eigenvalue weighted by Gasteiger charge is 2.06. The van der Waals surface area contributed by atoms with E-state index in [-0.39, 0.29) is 0 Å². The van der Waals surface area contributed by atoms with Crippen molar-refractivity contribution in [1.82, 2.24) is 5.32 Å². The summed E-state index contributed by atoms with van der Waals surface area (Å²) in [5, 5.41) is 4.15. The maximum Gasteiger partial charge on any atom is 0.0484 e. The van der Waals surface area contributed by atoms with Crippen molar-refractivity contribution in [3.8, 4) is 11.1 Å². The van der Waals surface area contributed by atoms with Gasteiger partial charge in [-0.1, -0.05) is 61.0 Å². The van der Waals surface area contributed by atoms with E-state index >= 15 is 0 Å². The SMILES string of the molecule is CCNCc1ccccc1-c1ccccc1Cl. The zero-order valence-electron chi connectivity index (χ0n) is 9.91. The molecule has 2 heteroatoms. The van der Waals surface area contributed by atoms with E-state index in [0.717, 1.165) is 23.7 Å². The van der Waals surface area contributed by atoms with Crippen LogP contribution in [0.3, 0.4) is 0 Å². The zero-order chi connectivity index (χ0) is 12.1. The molecule has 17 heavy (non-hydrogen) atoms. The van der Waals surface area contributed by atoms with Crippen molar-refractivity contribution in [3.63, 3.8) is 0 Å². The molecule has 0 heterocycles. The monoisotopic (exact) mass is 245 g/mol. The van der Waals surface area contributed by atoms with Crippen LogP contribution in [0, 0.1) is 0 Å². The van der Waals surface area contributed by atoms with Gasteiger partial charge in [-0.2, -0.15) is 0 Å². The Labute approximate surface area is 107 Å². The van der Waals surface area contributed by atoms with Gasteiger partial charge in [0, 0.05) is 17.1 Å². The van der Waals surface area contributed by atoms with E-state index in [1.54, 1.807) is 0 Å². The van der Waals surface area contributed by atoms with Crippen LogP contribution in [0.15, 0.2) is 48.5 Å². The number of hydrogen-bond acceptors (Lipinski definition) is 1. The molecule has 0 aromatic heterocycles. The van der Waals surface area contributed by atoms with Crippen molar-refractivity contribution in [2.45, 2.75) is 13.5 Å². The first-order valence-corrected chi connectivity index (χ1v) is 6.24. The molecule has 0 unspecified atom stereocenters. The van der Waals surface area contributed by atoms with Gasteiger partial charge in [0.1, 0.15) is 0 Å². The van der Waals surface area contributed by atoms with Gasteiger partial charge in [-0.05, 0) is 23.7 Å². The van der Waals surface area contributed by atoms with E-state index in [9.17, 15) is 0 Å². The molecule has 2 aromatic carbocycles. The quantitative estimate of drug-likeness (QED) is 0.855. The molecule has 0 aliphatic rings. The van der Waals surface area contributed by atoms with Gasteiger partial charge in [0.05, 0.1) is 0 Å². The highest BCUT2D eigenvalue weighted by Crippen LogP contribution is 2.30. The highest BCUT2D eigenvalue weighted by molar-refractivity contribution is 6.33. The lowest BCUT2D eigenvalue weighted by atomic mass is 9.99. The van der Waals surface area contributed by atoms with Crippen LogP contribution in [0.4, 0.5) is 0 Å². The van der Waals surface area contributed by atoms with Crippen molar-refractivity contribution in [2.24, 2.45) is 0 Å². The molecule has 0 bridgehead atoms. The van der Waals surface area contributed by atoms with Crippen molar-refractivity contribution < 1.29 is 0 Å². The Morgan fingerprint density at radius 2 is 1.59 bits per heavy atom. The molecule has 1 N–H and O–H groups in total. The van der Waals surface area contributed by atoms with E-state index in [1.165, 1.54) is 11.1 Å². The lowest BCUT2D eigenvalue weighted by molar-refractivity contribution is 0.728. The molecule has 2 aromatic rings. The molecule has 0 atom stereocenters. The summed E-state index contributed by atoms with van der Waals surface area (Å²) in [5.41, 5.74) is 3.59. The predicted molar refractivity (Wildman–Crippen MR) is 74.3 cm³/mol. The number of nitrogens with one attached hydrogen (secondary N) is 1. The van der Waals surface area contributed by atoms with Crippen LogP contribution in [0.5, 0.6) is 0 Å². The molecule has 0 saturated heterocycles. The highest BCUT2D eigenvalue weighted by atomic mass is 35.5.